The van der Waals surface area contributed by atoms with Gasteiger partial charge in [-0.1, -0.05) is 0 Å². The molecule has 1 saturated heterocycles. The third kappa shape index (κ3) is 3.99. The first-order chi connectivity index (χ1) is 12.5. The molecule has 0 radical (unpaired) electrons. The Morgan fingerprint density at radius 2 is 2.00 bits per heavy atom. The number of fused-ring (bicyclic) bond motifs is 1. The lowest BCUT2D eigenvalue weighted by Gasteiger charge is -2.32. The van der Waals surface area contributed by atoms with E-state index >= 15 is 0 Å². The number of pyridine rings is 1. The summed E-state index contributed by atoms with van der Waals surface area (Å²) in [4.78, 5) is 25.5. The fourth-order valence-corrected chi connectivity index (χ4v) is 3.60. The van der Waals surface area contributed by atoms with Crippen LogP contribution in [-0.4, -0.2) is 53.5 Å². The van der Waals surface area contributed by atoms with E-state index < -0.39 is 6.09 Å². The number of carboxylic acid groups (broad SMARTS) is 1. The third-order valence-corrected chi connectivity index (χ3v) is 5.08. The topological polar surface area (TPSA) is 83.8 Å². The number of aryl methyl sites for hydroxylation is 1. The molecule has 0 atom stereocenters. The highest BCUT2D eigenvalue weighted by Gasteiger charge is 2.20. The smallest absolute Gasteiger partial charge is 0.404 e. The Morgan fingerprint density at radius 1 is 1.27 bits per heavy atom. The molecule has 2 heterocycles. The molecular formula is C19H25N3O4. The van der Waals surface area contributed by atoms with Gasteiger partial charge in [0.2, 0.25) is 0 Å². The lowest BCUT2D eigenvalue weighted by atomic mass is 10.1. The second-order valence-corrected chi connectivity index (χ2v) is 6.77. The average Bonchev–Trinajstić information content (AvgIpc) is 2.62. The number of piperidine rings is 1. The molecule has 0 spiro atoms. The number of nitrogens with zero attached hydrogens (tertiary/aromatic N) is 2. The van der Waals surface area contributed by atoms with Crippen LogP contribution in [0.1, 0.15) is 18.4 Å². The highest BCUT2D eigenvalue weighted by molar-refractivity contribution is 5.83. The number of hydrogen-bond acceptors (Lipinski definition) is 4. The number of likely N-dealkylation sites (tertiary alicyclic amines) is 1. The molecule has 2 N–H and O–H groups in total. The van der Waals surface area contributed by atoms with Crippen LogP contribution in [0, 0.1) is 6.92 Å². The fraction of sp³-hybridized carbons (Fsp3) is 0.474. The number of methoxy groups -OCH3 is 1. The van der Waals surface area contributed by atoms with Gasteiger partial charge in [0.15, 0.2) is 0 Å². The van der Waals surface area contributed by atoms with Crippen molar-refractivity contribution >= 4 is 17.0 Å². The molecule has 1 aliphatic rings. The van der Waals surface area contributed by atoms with Gasteiger partial charge in [0.25, 0.3) is 5.56 Å². The molecule has 140 valence electrons. The quantitative estimate of drug-likeness (QED) is 0.854. The van der Waals surface area contributed by atoms with E-state index in [2.05, 4.69) is 10.2 Å². The number of benzene rings is 1. The Morgan fingerprint density at radius 3 is 2.65 bits per heavy atom. The molecule has 0 aliphatic carbocycles. The van der Waals surface area contributed by atoms with Gasteiger partial charge >= 0.3 is 6.09 Å². The molecule has 1 fully saturated rings. The predicted molar refractivity (Wildman–Crippen MR) is 100 cm³/mol. The van der Waals surface area contributed by atoms with Gasteiger partial charge in [0.1, 0.15) is 5.75 Å². The normalized spacial score (nSPS) is 15.9. The van der Waals surface area contributed by atoms with Crippen molar-refractivity contribution in [2.45, 2.75) is 32.4 Å². The van der Waals surface area contributed by atoms with E-state index in [1.54, 1.807) is 17.7 Å². The van der Waals surface area contributed by atoms with Gasteiger partial charge in [-0.3, -0.25) is 4.79 Å². The van der Waals surface area contributed by atoms with Crippen molar-refractivity contribution in [2.24, 2.45) is 0 Å². The van der Waals surface area contributed by atoms with Crippen molar-refractivity contribution in [3.63, 3.8) is 0 Å². The summed E-state index contributed by atoms with van der Waals surface area (Å²) >= 11 is 0. The SMILES string of the molecule is COc1ccc2c(C)cc(=O)n(CCN3CCC(NC(=O)O)CC3)c2c1. The molecule has 3 rings (SSSR count). The zero-order valence-corrected chi connectivity index (χ0v) is 15.2. The van der Waals surface area contributed by atoms with Gasteiger partial charge in [-0.15, -0.1) is 0 Å². The van der Waals surface area contributed by atoms with E-state index in [4.69, 9.17) is 9.84 Å². The molecule has 1 amide bonds. The number of rotatable bonds is 5. The van der Waals surface area contributed by atoms with Crippen LogP contribution >= 0.6 is 0 Å². The lowest BCUT2D eigenvalue weighted by Crippen LogP contribution is -2.45. The largest absolute Gasteiger partial charge is 0.497 e. The van der Waals surface area contributed by atoms with E-state index in [1.165, 1.54) is 0 Å². The summed E-state index contributed by atoms with van der Waals surface area (Å²) in [6, 6.07) is 7.51. The summed E-state index contributed by atoms with van der Waals surface area (Å²) in [7, 11) is 1.62. The van der Waals surface area contributed by atoms with Crippen LogP contribution in [0.5, 0.6) is 5.75 Å². The fourth-order valence-electron chi connectivity index (χ4n) is 3.60. The van der Waals surface area contributed by atoms with Crippen LogP contribution in [0.25, 0.3) is 10.9 Å². The first-order valence-electron chi connectivity index (χ1n) is 8.88. The van der Waals surface area contributed by atoms with Crippen molar-refractivity contribution < 1.29 is 14.6 Å². The molecule has 1 aromatic heterocycles. The number of aromatic nitrogens is 1. The van der Waals surface area contributed by atoms with Crippen molar-refractivity contribution in [3.05, 3.63) is 40.2 Å². The molecule has 0 unspecified atom stereocenters. The molecule has 2 aromatic rings. The van der Waals surface area contributed by atoms with Gasteiger partial charge in [-0.05, 0) is 37.5 Å². The zero-order valence-electron chi connectivity index (χ0n) is 15.2. The van der Waals surface area contributed by atoms with Crippen molar-refractivity contribution in [2.75, 3.05) is 26.7 Å². The van der Waals surface area contributed by atoms with Crippen LogP contribution in [0.3, 0.4) is 0 Å². The van der Waals surface area contributed by atoms with Gasteiger partial charge in [0.05, 0.1) is 12.6 Å². The summed E-state index contributed by atoms with van der Waals surface area (Å²) in [6.45, 7) is 4.95. The van der Waals surface area contributed by atoms with E-state index in [0.29, 0.717) is 6.54 Å². The molecule has 1 aliphatic heterocycles. The van der Waals surface area contributed by atoms with E-state index in [-0.39, 0.29) is 11.6 Å². The van der Waals surface area contributed by atoms with Crippen LogP contribution in [0.15, 0.2) is 29.1 Å². The van der Waals surface area contributed by atoms with Crippen LogP contribution < -0.4 is 15.6 Å². The summed E-state index contributed by atoms with van der Waals surface area (Å²) in [6.07, 6.45) is 0.628. The average molecular weight is 359 g/mol. The van der Waals surface area contributed by atoms with Crippen LogP contribution in [-0.2, 0) is 6.54 Å². The third-order valence-electron chi connectivity index (χ3n) is 5.08. The first kappa shape index (κ1) is 18.3. The Kier molecular flexibility index (Phi) is 5.46. The van der Waals surface area contributed by atoms with Gasteiger partial charge in [-0.2, -0.15) is 0 Å². The van der Waals surface area contributed by atoms with Crippen LogP contribution in [0.2, 0.25) is 0 Å². The Hall–Kier alpha value is -2.54. The number of nitrogens with one attached hydrogen (secondary N) is 1. The monoisotopic (exact) mass is 359 g/mol. The molecule has 26 heavy (non-hydrogen) atoms. The Balaban J connectivity index is 1.73. The zero-order chi connectivity index (χ0) is 18.7. The lowest BCUT2D eigenvalue weighted by molar-refractivity contribution is 0.166. The highest BCUT2D eigenvalue weighted by atomic mass is 16.5. The maximum Gasteiger partial charge on any atom is 0.404 e. The number of hydrogen-bond donors (Lipinski definition) is 2. The van der Waals surface area contributed by atoms with E-state index in [9.17, 15) is 9.59 Å². The Labute approximate surface area is 152 Å². The van der Waals surface area contributed by atoms with Crippen LogP contribution in [0.4, 0.5) is 4.79 Å². The van der Waals surface area contributed by atoms with E-state index in [1.807, 2.05) is 25.1 Å². The standard InChI is InChI=1S/C19H25N3O4/c1-13-11-18(23)22(17-12-15(26-2)3-4-16(13)17)10-9-21-7-5-14(6-8-21)20-19(24)25/h3-4,11-12,14,20H,5-10H2,1-2H3,(H,24,25). The predicted octanol–water partition coefficient (Wildman–Crippen LogP) is 2.05. The number of ether oxygens (including phenoxy) is 1. The minimum atomic E-state index is -0.963. The molecule has 7 heteroatoms. The molecule has 0 bridgehead atoms. The molecule has 7 nitrogen and oxygen atoms in total. The molecule has 0 saturated carbocycles. The molecule has 1 aromatic carbocycles. The number of amides is 1. The minimum Gasteiger partial charge on any atom is -0.497 e. The molecular weight excluding hydrogens is 334 g/mol. The van der Waals surface area contributed by atoms with Crippen molar-refractivity contribution in [1.29, 1.82) is 0 Å². The maximum atomic E-state index is 12.5. The maximum absolute atomic E-state index is 12.5. The van der Waals surface area contributed by atoms with E-state index in [0.717, 1.165) is 54.7 Å². The second kappa shape index (κ2) is 7.78. The minimum absolute atomic E-state index is 0.00863. The first-order valence-corrected chi connectivity index (χ1v) is 8.88. The van der Waals surface area contributed by atoms with Gasteiger partial charge in [0, 0.05) is 49.7 Å². The summed E-state index contributed by atoms with van der Waals surface area (Å²) < 4.78 is 7.11. The summed E-state index contributed by atoms with van der Waals surface area (Å²) in [5.41, 5.74) is 1.84. The van der Waals surface area contributed by atoms with Crippen molar-refractivity contribution in [1.82, 2.24) is 14.8 Å². The number of carbonyl (C=O) groups is 1. The highest BCUT2D eigenvalue weighted by Crippen LogP contribution is 2.22. The van der Waals surface area contributed by atoms with Crippen molar-refractivity contribution in [3.8, 4) is 5.75 Å². The Bertz CT molecular complexity index is 854. The summed E-state index contributed by atoms with van der Waals surface area (Å²) in [5.74, 6) is 0.733. The van der Waals surface area contributed by atoms with Gasteiger partial charge in [-0.25, -0.2) is 4.79 Å². The summed E-state index contributed by atoms with van der Waals surface area (Å²) in [5, 5.41) is 12.4. The second-order valence-electron chi connectivity index (χ2n) is 6.77. The van der Waals surface area contributed by atoms with Gasteiger partial charge < -0.3 is 24.6 Å².